The minimum atomic E-state index is 0.604. The van der Waals surface area contributed by atoms with Crippen LogP contribution in [0.15, 0.2) is 79.3 Å². The number of aromatic nitrogens is 3. The molecule has 0 unspecified atom stereocenters. The molecule has 6 heteroatoms. The molecule has 0 saturated heterocycles. The van der Waals surface area contributed by atoms with E-state index >= 15 is 0 Å². The third-order valence-corrected chi connectivity index (χ3v) is 6.02. The van der Waals surface area contributed by atoms with Gasteiger partial charge >= 0.3 is 0 Å². The summed E-state index contributed by atoms with van der Waals surface area (Å²) in [7, 11) is 3.71. The minimum absolute atomic E-state index is 0.604. The van der Waals surface area contributed by atoms with Gasteiger partial charge in [-0.3, -0.25) is 9.97 Å². The van der Waals surface area contributed by atoms with Gasteiger partial charge in [0.25, 0.3) is 0 Å². The highest BCUT2D eigenvalue weighted by atomic mass is 16.5. The van der Waals surface area contributed by atoms with Gasteiger partial charge < -0.3 is 14.5 Å². The Kier molecular flexibility index (Phi) is 4.18. The number of pyridine rings is 3. The Morgan fingerprint density at radius 1 is 0.812 bits per heavy atom. The molecule has 156 valence electrons. The number of rotatable bonds is 3. The van der Waals surface area contributed by atoms with Crippen LogP contribution in [0.2, 0.25) is 0 Å². The number of hydrogen-bond donors (Lipinski definition) is 0. The maximum Gasteiger partial charge on any atom is 0.213 e. The number of ether oxygens (including phenoxy) is 1. The second kappa shape index (κ2) is 7.20. The fraction of sp³-hybridized carbons (Fsp3) is 0.115. The van der Waals surface area contributed by atoms with Crippen LogP contribution >= 0.6 is 0 Å². The van der Waals surface area contributed by atoms with Gasteiger partial charge in [-0.25, -0.2) is 4.98 Å². The molecule has 32 heavy (non-hydrogen) atoms. The standard InChI is InChI=1S/C26H21N5O/c1-30-16-31(20-8-10-25(32-2)29-14-20)26-21-12-17(7-9-23(21)28-15-24(26)30)19-11-18-5-3-4-6-22(18)27-13-19/h3-15H,16H2,1-2H3. The molecule has 6 rings (SSSR count). The van der Waals surface area contributed by atoms with E-state index < -0.39 is 0 Å². The second-order valence-corrected chi connectivity index (χ2v) is 7.97. The number of methoxy groups -OCH3 is 1. The molecule has 0 bridgehead atoms. The number of nitrogens with zero attached hydrogens (tertiary/aromatic N) is 5. The van der Waals surface area contributed by atoms with Crippen LogP contribution in [0.3, 0.4) is 0 Å². The first-order chi connectivity index (χ1) is 15.7. The van der Waals surface area contributed by atoms with Crippen molar-refractivity contribution in [2.24, 2.45) is 0 Å². The molecule has 2 aromatic carbocycles. The Hall–Kier alpha value is -4.19. The molecule has 1 aliphatic rings. The monoisotopic (exact) mass is 419 g/mol. The number of benzene rings is 2. The lowest BCUT2D eigenvalue weighted by molar-refractivity contribution is 0.398. The van der Waals surface area contributed by atoms with Gasteiger partial charge in [-0.2, -0.15) is 0 Å². The van der Waals surface area contributed by atoms with Gasteiger partial charge in [0, 0.05) is 35.6 Å². The molecule has 3 aromatic heterocycles. The largest absolute Gasteiger partial charge is 0.481 e. The van der Waals surface area contributed by atoms with Crippen LogP contribution in [-0.2, 0) is 0 Å². The summed E-state index contributed by atoms with van der Waals surface area (Å²) < 4.78 is 5.23. The van der Waals surface area contributed by atoms with Gasteiger partial charge in [-0.1, -0.05) is 24.3 Å². The molecule has 1 aliphatic heterocycles. The highest BCUT2D eigenvalue weighted by Gasteiger charge is 2.27. The quantitative estimate of drug-likeness (QED) is 0.390. The van der Waals surface area contributed by atoms with E-state index in [1.165, 1.54) is 0 Å². The van der Waals surface area contributed by atoms with E-state index in [-0.39, 0.29) is 0 Å². The average Bonchev–Trinajstić information content (AvgIpc) is 3.20. The van der Waals surface area contributed by atoms with Crippen LogP contribution in [0.1, 0.15) is 0 Å². The Morgan fingerprint density at radius 2 is 1.69 bits per heavy atom. The minimum Gasteiger partial charge on any atom is -0.481 e. The van der Waals surface area contributed by atoms with E-state index in [0.717, 1.165) is 56.7 Å². The van der Waals surface area contributed by atoms with Crippen LogP contribution in [0.4, 0.5) is 17.1 Å². The first kappa shape index (κ1) is 18.6. The van der Waals surface area contributed by atoms with Crippen molar-refractivity contribution in [2.45, 2.75) is 0 Å². The van der Waals surface area contributed by atoms with Gasteiger partial charge in [-0.15, -0.1) is 0 Å². The number of hydrogen-bond acceptors (Lipinski definition) is 6. The molecule has 0 fully saturated rings. The van der Waals surface area contributed by atoms with Crippen molar-refractivity contribution in [3.8, 4) is 17.0 Å². The van der Waals surface area contributed by atoms with Crippen molar-refractivity contribution >= 4 is 38.9 Å². The third kappa shape index (κ3) is 2.92. The van der Waals surface area contributed by atoms with Crippen LogP contribution in [-0.4, -0.2) is 35.8 Å². The topological polar surface area (TPSA) is 54.4 Å². The fourth-order valence-corrected chi connectivity index (χ4v) is 4.36. The van der Waals surface area contributed by atoms with Gasteiger partial charge in [-0.05, 0) is 35.9 Å². The van der Waals surface area contributed by atoms with Crippen LogP contribution in [0.5, 0.6) is 5.88 Å². The van der Waals surface area contributed by atoms with Crippen LogP contribution in [0.25, 0.3) is 32.9 Å². The molecule has 5 aromatic rings. The van der Waals surface area contributed by atoms with E-state index in [9.17, 15) is 0 Å². The summed E-state index contributed by atoms with van der Waals surface area (Å²) >= 11 is 0. The highest BCUT2D eigenvalue weighted by molar-refractivity contribution is 6.04. The predicted octanol–water partition coefficient (Wildman–Crippen LogP) is 5.40. The zero-order valence-corrected chi connectivity index (χ0v) is 17.9. The van der Waals surface area contributed by atoms with Gasteiger partial charge in [0.1, 0.15) is 0 Å². The van der Waals surface area contributed by atoms with Crippen molar-refractivity contribution in [2.75, 3.05) is 30.6 Å². The molecular formula is C26H21N5O. The van der Waals surface area contributed by atoms with E-state index in [1.54, 1.807) is 7.11 Å². The highest BCUT2D eigenvalue weighted by Crippen LogP contribution is 2.44. The number of anilines is 3. The summed E-state index contributed by atoms with van der Waals surface area (Å²) in [5, 5.41) is 2.24. The van der Waals surface area contributed by atoms with E-state index in [2.05, 4.69) is 57.1 Å². The lowest BCUT2D eigenvalue weighted by Gasteiger charge is -2.20. The maximum atomic E-state index is 5.23. The Morgan fingerprint density at radius 3 is 2.53 bits per heavy atom. The van der Waals surface area contributed by atoms with Gasteiger partial charge in [0.15, 0.2) is 0 Å². The summed E-state index contributed by atoms with van der Waals surface area (Å²) in [6.07, 6.45) is 5.74. The van der Waals surface area contributed by atoms with Crippen molar-refractivity contribution in [3.05, 3.63) is 79.3 Å². The Labute approximate surface area is 185 Å². The smallest absolute Gasteiger partial charge is 0.213 e. The van der Waals surface area contributed by atoms with E-state index in [1.807, 2.05) is 48.9 Å². The second-order valence-electron chi connectivity index (χ2n) is 7.97. The Bertz CT molecular complexity index is 1470. The van der Waals surface area contributed by atoms with E-state index in [0.29, 0.717) is 5.88 Å². The normalized spacial score (nSPS) is 13.1. The fourth-order valence-electron chi connectivity index (χ4n) is 4.36. The van der Waals surface area contributed by atoms with Crippen molar-refractivity contribution in [3.63, 3.8) is 0 Å². The van der Waals surface area contributed by atoms with Crippen LogP contribution in [0, 0.1) is 0 Å². The third-order valence-electron chi connectivity index (χ3n) is 6.02. The first-order valence-electron chi connectivity index (χ1n) is 10.5. The summed E-state index contributed by atoms with van der Waals surface area (Å²) in [5.74, 6) is 0.604. The maximum absolute atomic E-state index is 5.23. The lowest BCUT2D eigenvalue weighted by Crippen LogP contribution is -2.24. The van der Waals surface area contributed by atoms with Gasteiger partial charge in [0.2, 0.25) is 5.88 Å². The van der Waals surface area contributed by atoms with Gasteiger partial charge in [0.05, 0.1) is 54.3 Å². The first-order valence-corrected chi connectivity index (χ1v) is 10.5. The summed E-state index contributed by atoms with van der Waals surface area (Å²) in [4.78, 5) is 18.3. The molecule has 0 amide bonds. The van der Waals surface area contributed by atoms with Crippen molar-refractivity contribution < 1.29 is 4.74 Å². The molecule has 0 atom stereocenters. The number of fused-ring (bicyclic) bond motifs is 4. The molecule has 0 radical (unpaired) electrons. The summed E-state index contributed by atoms with van der Waals surface area (Å²) in [6.45, 7) is 0.728. The molecule has 6 nitrogen and oxygen atoms in total. The summed E-state index contributed by atoms with van der Waals surface area (Å²) in [6, 6.07) is 20.7. The lowest BCUT2D eigenvalue weighted by atomic mass is 10.0. The summed E-state index contributed by atoms with van der Waals surface area (Å²) in [5.41, 5.74) is 7.42. The zero-order chi connectivity index (χ0) is 21.7. The average molecular weight is 419 g/mol. The van der Waals surface area contributed by atoms with Crippen molar-refractivity contribution in [1.29, 1.82) is 0 Å². The molecular weight excluding hydrogens is 398 g/mol. The van der Waals surface area contributed by atoms with Crippen LogP contribution < -0.4 is 14.5 Å². The Balaban J connectivity index is 1.52. The molecule has 0 N–H and O–H groups in total. The molecule has 0 saturated carbocycles. The van der Waals surface area contributed by atoms with Crippen molar-refractivity contribution in [1.82, 2.24) is 15.0 Å². The predicted molar refractivity (Wildman–Crippen MR) is 129 cm³/mol. The number of para-hydroxylation sites is 1. The molecule has 0 spiro atoms. The molecule has 4 heterocycles. The molecule has 0 aliphatic carbocycles. The van der Waals surface area contributed by atoms with E-state index in [4.69, 9.17) is 9.72 Å². The zero-order valence-electron chi connectivity index (χ0n) is 17.9. The SMILES string of the molecule is COc1ccc(N2CN(C)c3cnc4ccc(-c5cnc6ccccc6c5)cc4c32)cn1.